The number of nitriles is 1. The molecule has 1 aromatic carbocycles. The van der Waals surface area contributed by atoms with Gasteiger partial charge in [-0.1, -0.05) is 24.6 Å². The van der Waals surface area contributed by atoms with Crippen molar-refractivity contribution in [2.75, 3.05) is 5.32 Å². The fraction of sp³-hybridized carbons (Fsp3) is 0.385. The van der Waals surface area contributed by atoms with Gasteiger partial charge in [0.05, 0.1) is 16.8 Å². The average molecular weight is 267 g/mol. The van der Waals surface area contributed by atoms with Crippen molar-refractivity contribution in [2.45, 2.75) is 19.8 Å². The molecule has 5 heteroatoms. The summed E-state index contributed by atoms with van der Waals surface area (Å²) in [5, 5.41) is 11.7. The van der Waals surface area contributed by atoms with E-state index in [-0.39, 0.29) is 10.7 Å². The number of benzene rings is 1. The molecule has 1 saturated carbocycles. The van der Waals surface area contributed by atoms with Crippen molar-refractivity contribution in [1.29, 1.82) is 5.26 Å². The van der Waals surface area contributed by atoms with Crippen LogP contribution in [0.5, 0.6) is 0 Å². The number of hydrogen-bond acceptors (Lipinski definition) is 2. The van der Waals surface area contributed by atoms with E-state index in [0.29, 0.717) is 18.8 Å². The maximum Gasteiger partial charge on any atom is 0.244 e. The van der Waals surface area contributed by atoms with Gasteiger partial charge in [-0.15, -0.1) is 0 Å². The molecule has 1 fully saturated rings. The van der Waals surface area contributed by atoms with E-state index in [1.165, 1.54) is 18.2 Å². The van der Waals surface area contributed by atoms with Gasteiger partial charge < -0.3 is 5.32 Å². The van der Waals surface area contributed by atoms with Gasteiger partial charge in [0.15, 0.2) is 0 Å². The van der Waals surface area contributed by atoms with Crippen LogP contribution in [0.1, 0.15) is 19.8 Å². The van der Waals surface area contributed by atoms with Crippen LogP contribution in [0.4, 0.5) is 10.1 Å². The molecule has 0 spiro atoms. The van der Waals surface area contributed by atoms with Gasteiger partial charge in [0, 0.05) is 0 Å². The second kappa shape index (κ2) is 4.58. The summed E-state index contributed by atoms with van der Waals surface area (Å²) in [6.45, 7) is 1.97. The van der Waals surface area contributed by atoms with E-state index in [4.69, 9.17) is 16.9 Å². The second-order valence-electron chi connectivity index (χ2n) is 4.76. The van der Waals surface area contributed by atoms with Gasteiger partial charge in [-0.25, -0.2) is 4.39 Å². The lowest BCUT2D eigenvalue weighted by Crippen LogP contribution is -2.45. The number of carbonyl (C=O) groups excluding carboxylic acids is 1. The molecule has 1 amide bonds. The predicted octanol–water partition coefficient (Wildman–Crippen LogP) is 3.36. The van der Waals surface area contributed by atoms with Crippen molar-refractivity contribution in [1.82, 2.24) is 0 Å². The molecule has 0 aliphatic heterocycles. The molecule has 1 N–H and O–H groups in total. The topological polar surface area (TPSA) is 52.9 Å². The maximum absolute atomic E-state index is 13.5. The van der Waals surface area contributed by atoms with Crippen LogP contribution >= 0.6 is 11.6 Å². The Bertz CT molecular complexity index is 512. The van der Waals surface area contributed by atoms with E-state index < -0.39 is 17.1 Å². The molecule has 18 heavy (non-hydrogen) atoms. The Morgan fingerprint density at radius 1 is 1.61 bits per heavy atom. The van der Waals surface area contributed by atoms with Gasteiger partial charge in [0.25, 0.3) is 0 Å². The average Bonchev–Trinajstić information content (AvgIpc) is 2.29. The zero-order valence-corrected chi connectivity index (χ0v) is 10.6. The Balaban J connectivity index is 2.20. The molecule has 0 aromatic heterocycles. The number of hydrogen-bond donors (Lipinski definition) is 1. The molecular weight excluding hydrogens is 255 g/mol. The Kier molecular flexibility index (Phi) is 3.27. The van der Waals surface area contributed by atoms with E-state index in [0.717, 1.165) is 0 Å². The minimum Gasteiger partial charge on any atom is -0.321 e. The van der Waals surface area contributed by atoms with Gasteiger partial charge in [0.2, 0.25) is 5.91 Å². The summed E-state index contributed by atoms with van der Waals surface area (Å²) in [6.07, 6.45) is 1.00. The maximum atomic E-state index is 13.5. The Morgan fingerprint density at radius 2 is 2.28 bits per heavy atom. The third-order valence-corrected chi connectivity index (χ3v) is 3.56. The summed E-state index contributed by atoms with van der Waals surface area (Å²) >= 11 is 5.82. The Hall–Kier alpha value is -1.60. The monoisotopic (exact) mass is 266 g/mol. The first-order valence-electron chi connectivity index (χ1n) is 5.65. The number of nitrogens with zero attached hydrogens (tertiary/aromatic N) is 1. The summed E-state index contributed by atoms with van der Waals surface area (Å²) < 4.78 is 13.5. The Labute approximate surface area is 110 Å². The van der Waals surface area contributed by atoms with Crippen LogP contribution in [-0.4, -0.2) is 5.91 Å². The van der Waals surface area contributed by atoms with Crippen LogP contribution in [-0.2, 0) is 4.79 Å². The van der Waals surface area contributed by atoms with E-state index >= 15 is 0 Å². The molecule has 1 aliphatic carbocycles. The zero-order chi connectivity index (χ0) is 13.3. The molecular formula is C13H12ClFN2O. The number of halogens is 2. The lowest BCUT2D eigenvalue weighted by molar-refractivity contribution is -0.128. The largest absolute Gasteiger partial charge is 0.321 e. The fourth-order valence-corrected chi connectivity index (χ4v) is 2.52. The van der Waals surface area contributed by atoms with Crippen molar-refractivity contribution in [3.63, 3.8) is 0 Å². The predicted molar refractivity (Wildman–Crippen MR) is 66.5 cm³/mol. The highest BCUT2D eigenvalue weighted by molar-refractivity contribution is 6.33. The van der Waals surface area contributed by atoms with Gasteiger partial charge in [-0.2, -0.15) is 5.26 Å². The lowest BCUT2D eigenvalue weighted by Gasteiger charge is -2.39. The first-order valence-corrected chi connectivity index (χ1v) is 6.03. The third-order valence-electron chi connectivity index (χ3n) is 3.24. The van der Waals surface area contributed by atoms with Crippen molar-refractivity contribution < 1.29 is 9.18 Å². The van der Waals surface area contributed by atoms with Crippen molar-refractivity contribution in [3.05, 3.63) is 29.0 Å². The minimum atomic E-state index is -1.04. The number of carbonyl (C=O) groups is 1. The Morgan fingerprint density at radius 3 is 2.78 bits per heavy atom. The third kappa shape index (κ3) is 2.06. The molecule has 0 saturated heterocycles. The molecule has 0 unspecified atom stereocenters. The second-order valence-corrected chi connectivity index (χ2v) is 5.17. The highest BCUT2D eigenvalue weighted by atomic mass is 35.5. The van der Waals surface area contributed by atoms with Gasteiger partial charge in [0.1, 0.15) is 11.2 Å². The van der Waals surface area contributed by atoms with Crippen molar-refractivity contribution in [3.8, 4) is 6.07 Å². The number of rotatable bonds is 2. The molecule has 0 radical (unpaired) electrons. The van der Waals surface area contributed by atoms with E-state index in [1.54, 1.807) is 0 Å². The van der Waals surface area contributed by atoms with Crippen LogP contribution < -0.4 is 5.32 Å². The highest BCUT2D eigenvalue weighted by Crippen LogP contribution is 2.46. The number of amides is 1. The normalized spacial score (nSPS) is 26.0. The van der Waals surface area contributed by atoms with Crippen LogP contribution in [0, 0.1) is 28.5 Å². The summed E-state index contributed by atoms with van der Waals surface area (Å²) in [4.78, 5) is 12.0. The number of para-hydroxylation sites is 1. The number of nitrogens with one attached hydrogen (secondary N) is 1. The zero-order valence-electron chi connectivity index (χ0n) is 9.84. The van der Waals surface area contributed by atoms with Crippen LogP contribution in [0.2, 0.25) is 5.02 Å². The minimum absolute atomic E-state index is 0.0571. The molecule has 0 bridgehead atoms. The summed E-state index contributed by atoms with van der Waals surface area (Å²) in [7, 11) is 0. The smallest absolute Gasteiger partial charge is 0.244 e. The summed E-state index contributed by atoms with van der Waals surface area (Å²) in [6, 6.07) is 6.18. The van der Waals surface area contributed by atoms with Gasteiger partial charge in [-0.3, -0.25) is 4.79 Å². The first kappa shape index (κ1) is 12.8. The highest BCUT2D eigenvalue weighted by Gasteiger charge is 2.49. The van der Waals surface area contributed by atoms with E-state index in [1.807, 2.05) is 13.0 Å². The molecule has 94 valence electrons. The molecule has 0 atom stereocenters. The fourth-order valence-electron chi connectivity index (χ4n) is 2.31. The van der Waals surface area contributed by atoms with E-state index in [2.05, 4.69) is 5.32 Å². The molecule has 3 nitrogen and oxygen atoms in total. The van der Waals surface area contributed by atoms with E-state index in [9.17, 15) is 9.18 Å². The van der Waals surface area contributed by atoms with Crippen LogP contribution in [0.25, 0.3) is 0 Å². The van der Waals surface area contributed by atoms with Crippen molar-refractivity contribution >= 4 is 23.2 Å². The van der Waals surface area contributed by atoms with Crippen molar-refractivity contribution in [2.24, 2.45) is 11.3 Å². The summed E-state index contributed by atoms with van der Waals surface area (Å²) in [5.74, 6) is -0.738. The first-order chi connectivity index (χ1) is 8.48. The SMILES string of the molecule is CC1CC(C#N)(C(=O)Nc2c(F)cccc2Cl)C1. The van der Waals surface area contributed by atoms with Crippen LogP contribution in [0.15, 0.2) is 18.2 Å². The van der Waals surface area contributed by atoms with Gasteiger partial charge in [-0.05, 0) is 30.9 Å². The van der Waals surface area contributed by atoms with Crippen LogP contribution in [0.3, 0.4) is 0 Å². The number of anilines is 1. The standard InChI is InChI=1S/C13H12ClFN2O/c1-8-5-13(6-8,7-16)12(18)17-11-9(14)3-2-4-10(11)15/h2-4,8H,5-6H2,1H3,(H,17,18). The molecule has 0 heterocycles. The quantitative estimate of drug-likeness (QED) is 0.892. The summed E-state index contributed by atoms with van der Waals surface area (Å²) in [5.41, 5.74) is -1.09. The molecule has 1 aromatic rings. The van der Waals surface area contributed by atoms with Gasteiger partial charge >= 0.3 is 0 Å². The molecule has 2 rings (SSSR count). The lowest BCUT2D eigenvalue weighted by atomic mass is 9.63. The molecule has 1 aliphatic rings.